The fourth-order valence-electron chi connectivity index (χ4n) is 3.94. The van der Waals surface area contributed by atoms with E-state index in [4.69, 9.17) is 21.6 Å². The van der Waals surface area contributed by atoms with Gasteiger partial charge in [0.25, 0.3) is 5.22 Å². The minimum Gasteiger partial charge on any atom is -0.439 e. The van der Waals surface area contributed by atoms with Gasteiger partial charge in [0.15, 0.2) is 5.03 Å². The SMILES string of the molecule is Sc1ccccc1C1=C(c2nccs2)CN(c2ncccn2)S1(c1ccon1)c1ncco1. The smallest absolute Gasteiger partial charge is 0.265 e. The fraction of sp³-hybridized carbons (Fsp3) is 0.0455. The van der Waals surface area contributed by atoms with Crippen LogP contribution in [0.15, 0.2) is 103 Å². The molecule has 0 N–H and O–H groups in total. The zero-order valence-electron chi connectivity index (χ0n) is 17.0. The second-order valence-corrected chi connectivity index (χ2v) is 11.1. The molecule has 33 heavy (non-hydrogen) atoms. The first-order chi connectivity index (χ1) is 16.3. The molecule has 0 fully saturated rings. The van der Waals surface area contributed by atoms with Gasteiger partial charge in [0.05, 0.1) is 12.7 Å². The van der Waals surface area contributed by atoms with E-state index < -0.39 is 10.2 Å². The first kappa shape index (κ1) is 20.2. The summed E-state index contributed by atoms with van der Waals surface area (Å²) in [7, 11) is -2.39. The van der Waals surface area contributed by atoms with Crippen molar-refractivity contribution in [2.75, 3.05) is 10.8 Å². The van der Waals surface area contributed by atoms with Crippen LogP contribution in [-0.4, -0.2) is 31.6 Å². The largest absolute Gasteiger partial charge is 0.439 e. The molecule has 0 spiro atoms. The van der Waals surface area contributed by atoms with Crippen molar-refractivity contribution in [3.63, 3.8) is 0 Å². The summed E-state index contributed by atoms with van der Waals surface area (Å²) in [5.41, 5.74) is 1.97. The van der Waals surface area contributed by atoms with Crippen LogP contribution in [-0.2, 0) is 0 Å². The molecule has 0 amide bonds. The molecule has 1 atom stereocenters. The minimum atomic E-state index is -2.39. The van der Waals surface area contributed by atoms with E-state index in [-0.39, 0.29) is 0 Å². The number of rotatable bonds is 5. The van der Waals surface area contributed by atoms with Crippen LogP contribution in [0.2, 0.25) is 0 Å². The average molecular weight is 493 g/mol. The first-order valence-corrected chi connectivity index (χ1v) is 12.8. The van der Waals surface area contributed by atoms with E-state index in [0.717, 1.165) is 25.9 Å². The van der Waals surface area contributed by atoms with E-state index in [0.29, 0.717) is 22.7 Å². The number of hydrogen-bond acceptors (Lipinski definition) is 10. The molecule has 1 aliphatic rings. The number of nitrogens with zero attached hydrogens (tertiary/aromatic N) is 6. The Morgan fingerprint density at radius 1 is 0.939 bits per heavy atom. The molecule has 0 saturated carbocycles. The van der Waals surface area contributed by atoms with E-state index >= 15 is 0 Å². The molecule has 0 saturated heterocycles. The highest BCUT2D eigenvalue weighted by atomic mass is 32.3. The van der Waals surface area contributed by atoms with E-state index in [1.54, 1.807) is 54.7 Å². The molecule has 1 aromatic carbocycles. The molecule has 6 rings (SSSR count). The zero-order valence-corrected chi connectivity index (χ0v) is 19.5. The lowest BCUT2D eigenvalue weighted by Crippen LogP contribution is -2.27. The molecular weight excluding hydrogens is 476 g/mol. The van der Waals surface area contributed by atoms with Crippen LogP contribution in [0.1, 0.15) is 10.6 Å². The standard InChI is InChI=1S/C22H16N6O2S3/c31-17-5-2-1-4-15(17)19-16(20-23-10-13-32-20)14-28(21-24-7-3-8-25-21)33(19,18-6-11-30-27-18)22-26-9-12-29-22/h1-13,31H,14H2. The van der Waals surface area contributed by atoms with E-state index in [1.165, 1.54) is 0 Å². The van der Waals surface area contributed by atoms with Gasteiger partial charge in [0.1, 0.15) is 17.5 Å². The molecule has 1 aliphatic heterocycles. The van der Waals surface area contributed by atoms with Crippen molar-refractivity contribution in [3.05, 3.63) is 89.7 Å². The normalized spacial score (nSPS) is 20.2. The van der Waals surface area contributed by atoms with Crippen LogP contribution in [0, 0.1) is 0 Å². The lowest BCUT2D eigenvalue weighted by Gasteiger charge is -2.41. The highest BCUT2D eigenvalue weighted by Gasteiger charge is 2.53. The van der Waals surface area contributed by atoms with Crippen LogP contribution in [0.3, 0.4) is 0 Å². The quantitative estimate of drug-likeness (QED) is 0.325. The van der Waals surface area contributed by atoms with Crippen LogP contribution < -0.4 is 4.31 Å². The van der Waals surface area contributed by atoms with Crippen LogP contribution in [0.5, 0.6) is 0 Å². The second-order valence-electron chi connectivity index (χ2n) is 6.96. The summed E-state index contributed by atoms with van der Waals surface area (Å²) >= 11 is 6.39. The molecule has 11 heteroatoms. The molecule has 0 bridgehead atoms. The number of hydrogen-bond donors (Lipinski definition) is 1. The van der Waals surface area contributed by atoms with Gasteiger partial charge in [-0.05, 0) is 22.3 Å². The summed E-state index contributed by atoms with van der Waals surface area (Å²) in [6, 6.07) is 11.6. The Balaban J connectivity index is 1.76. The zero-order chi connectivity index (χ0) is 22.3. The summed E-state index contributed by atoms with van der Waals surface area (Å²) < 4.78 is 13.5. The summed E-state index contributed by atoms with van der Waals surface area (Å²) in [5, 5.41) is 8.45. The van der Waals surface area contributed by atoms with Gasteiger partial charge in [-0.3, -0.25) is 4.31 Å². The van der Waals surface area contributed by atoms with Gasteiger partial charge in [-0.2, -0.15) is 0 Å². The van der Waals surface area contributed by atoms with Gasteiger partial charge < -0.3 is 8.94 Å². The van der Waals surface area contributed by atoms with Crippen LogP contribution in [0.25, 0.3) is 10.5 Å². The highest BCUT2D eigenvalue weighted by Crippen LogP contribution is 2.77. The lowest BCUT2D eigenvalue weighted by molar-refractivity contribution is 0.401. The monoisotopic (exact) mass is 492 g/mol. The third-order valence-electron chi connectivity index (χ3n) is 5.20. The van der Waals surface area contributed by atoms with Gasteiger partial charge in [-0.15, -0.1) is 24.0 Å². The molecule has 164 valence electrons. The number of anilines is 1. The Bertz CT molecular complexity index is 1370. The molecule has 5 aromatic rings. The van der Waals surface area contributed by atoms with Gasteiger partial charge in [-0.25, -0.2) is 19.9 Å². The highest BCUT2D eigenvalue weighted by molar-refractivity contribution is 8.42. The number of thiol groups is 1. The number of oxazole rings is 1. The van der Waals surface area contributed by atoms with Crippen molar-refractivity contribution in [2.45, 2.75) is 15.1 Å². The maximum absolute atomic E-state index is 6.02. The van der Waals surface area contributed by atoms with Crippen LogP contribution >= 0.6 is 34.2 Å². The summed E-state index contributed by atoms with van der Waals surface area (Å²) in [5.74, 6) is 0.536. The summed E-state index contributed by atoms with van der Waals surface area (Å²) in [6.07, 6.45) is 10.0. The second kappa shape index (κ2) is 8.18. The predicted molar refractivity (Wildman–Crippen MR) is 129 cm³/mol. The number of aromatic nitrogens is 5. The minimum absolute atomic E-state index is 0.486. The van der Waals surface area contributed by atoms with Crippen molar-refractivity contribution >= 4 is 50.6 Å². The van der Waals surface area contributed by atoms with Gasteiger partial charge in [0, 0.05) is 51.0 Å². The Kier molecular flexibility index (Phi) is 5.01. The third-order valence-corrected chi connectivity index (χ3v) is 9.95. The number of thiazole rings is 1. The van der Waals surface area contributed by atoms with E-state index in [1.807, 2.05) is 35.7 Å². The Hall–Kier alpha value is -3.41. The summed E-state index contributed by atoms with van der Waals surface area (Å²) in [6.45, 7) is 0.486. The fourth-order valence-corrected chi connectivity index (χ4v) is 8.72. The van der Waals surface area contributed by atoms with E-state index in [2.05, 4.69) is 29.4 Å². The molecule has 1 unspecified atom stereocenters. The van der Waals surface area contributed by atoms with Crippen LogP contribution in [0.4, 0.5) is 5.95 Å². The van der Waals surface area contributed by atoms with Crippen molar-refractivity contribution < 1.29 is 8.94 Å². The van der Waals surface area contributed by atoms with E-state index in [9.17, 15) is 0 Å². The molecule has 8 nitrogen and oxygen atoms in total. The first-order valence-electron chi connectivity index (χ1n) is 9.89. The van der Waals surface area contributed by atoms with Crippen molar-refractivity contribution in [3.8, 4) is 0 Å². The average Bonchev–Trinajstić information content (AvgIpc) is 3.66. The Morgan fingerprint density at radius 2 is 1.82 bits per heavy atom. The number of benzene rings is 1. The molecule has 4 aromatic heterocycles. The maximum atomic E-state index is 6.02. The van der Waals surface area contributed by atoms with Gasteiger partial charge in [0.2, 0.25) is 5.95 Å². The topological polar surface area (TPSA) is 94.0 Å². The predicted octanol–water partition coefficient (Wildman–Crippen LogP) is 5.42. The molecular formula is C22H16N6O2S3. The maximum Gasteiger partial charge on any atom is 0.265 e. The van der Waals surface area contributed by atoms with Crippen molar-refractivity contribution in [1.82, 2.24) is 25.1 Å². The molecule has 0 aliphatic carbocycles. The Labute approximate surface area is 199 Å². The molecule has 5 heterocycles. The van der Waals surface area contributed by atoms with Crippen molar-refractivity contribution in [2.24, 2.45) is 0 Å². The summed E-state index contributed by atoms with van der Waals surface area (Å²) in [4.78, 5) is 20.3. The Morgan fingerprint density at radius 3 is 2.52 bits per heavy atom. The lowest BCUT2D eigenvalue weighted by atomic mass is 10.1. The third kappa shape index (κ3) is 3.11. The van der Waals surface area contributed by atoms with Gasteiger partial charge in [-0.1, -0.05) is 23.4 Å². The molecule has 0 radical (unpaired) electrons. The van der Waals surface area contributed by atoms with Gasteiger partial charge >= 0.3 is 0 Å². The van der Waals surface area contributed by atoms with Crippen molar-refractivity contribution in [1.29, 1.82) is 0 Å².